The molecule has 1 aliphatic carbocycles. The number of nitrogens with zero attached hydrogens (tertiary/aromatic N) is 3. The Balaban J connectivity index is 1.62. The lowest BCUT2D eigenvalue weighted by molar-refractivity contribution is 0.100. The average molecular weight is 299 g/mol. The van der Waals surface area contributed by atoms with Gasteiger partial charge in [0.1, 0.15) is 5.82 Å². The van der Waals surface area contributed by atoms with E-state index in [1.54, 1.807) is 18.3 Å². The van der Waals surface area contributed by atoms with Crippen LogP contribution in [0.2, 0.25) is 0 Å². The molecule has 2 aromatic heterocycles. The van der Waals surface area contributed by atoms with Crippen LogP contribution in [0.5, 0.6) is 0 Å². The van der Waals surface area contributed by atoms with Gasteiger partial charge < -0.3 is 11.1 Å². The van der Waals surface area contributed by atoms with Crippen molar-refractivity contribution in [2.45, 2.75) is 37.6 Å². The lowest BCUT2D eigenvalue weighted by Crippen LogP contribution is -2.27. The van der Waals surface area contributed by atoms with Crippen LogP contribution in [0.1, 0.15) is 47.5 Å². The first kappa shape index (κ1) is 14.6. The molecular weight excluding hydrogens is 278 g/mol. The van der Waals surface area contributed by atoms with Gasteiger partial charge >= 0.3 is 0 Å². The zero-order chi connectivity index (χ0) is 15.5. The van der Waals surface area contributed by atoms with E-state index < -0.39 is 5.91 Å². The van der Waals surface area contributed by atoms with E-state index in [-0.39, 0.29) is 0 Å². The smallest absolute Gasteiger partial charge is 0.252 e. The summed E-state index contributed by atoms with van der Waals surface area (Å²) in [5.41, 5.74) is 7.16. The number of amides is 1. The summed E-state index contributed by atoms with van der Waals surface area (Å²) in [6.07, 6.45) is 10.1. The standard InChI is InChI=1S/C16H21N5O/c1-21-10-12(9-19-21)11-4-6-13(7-5-11)20-16-14(15(17)22)3-2-8-18-16/h2-3,8-11,13H,4-7H2,1H3,(H2,17,22)(H,18,20). The van der Waals surface area contributed by atoms with Crippen molar-refractivity contribution in [3.8, 4) is 0 Å². The molecule has 1 amide bonds. The van der Waals surface area contributed by atoms with Crippen LogP contribution in [0.3, 0.4) is 0 Å². The van der Waals surface area contributed by atoms with Gasteiger partial charge in [0.2, 0.25) is 0 Å². The van der Waals surface area contributed by atoms with Gasteiger partial charge in [-0.2, -0.15) is 5.10 Å². The molecule has 6 nitrogen and oxygen atoms in total. The zero-order valence-electron chi connectivity index (χ0n) is 12.7. The highest BCUT2D eigenvalue weighted by molar-refractivity contribution is 5.97. The van der Waals surface area contributed by atoms with Crippen molar-refractivity contribution in [3.05, 3.63) is 41.9 Å². The maximum absolute atomic E-state index is 11.4. The fourth-order valence-electron chi connectivity index (χ4n) is 3.13. The molecule has 1 fully saturated rings. The highest BCUT2D eigenvalue weighted by Crippen LogP contribution is 2.33. The molecule has 0 aromatic carbocycles. The molecule has 2 heterocycles. The molecule has 2 aromatic rings. The third-order valence-electron chi connectivity index (χ3n) is 4.34. The van der Waals surface area contributed by atoms with Crippen molar-refractivity contribution in [2.24, 2.45) is 12.8 Å². The molecule has 0 spiro atoms. The number of aromatic nitrogens is 3. The minimum Gasteiger partial charge on any atom is -0.367 e. The average Bonchev–Trinajstić information content (AvgIpc) is 2.95. The Kier molecular flexibility index (Phi) is 4.09. The number of carbonyl (C=O) groups is 1. The van der Waals surface area contributed by atoms with Gasteiger partial charge in [0.15, 0.2) is 0 Å². The Bertz CT molecular complexity index is 658. The van der Waals surface area contributed by atoms with E-state index in [0.717, 1.165) is 25.7 Å². The fraction of sp³-hybridized carbons (Fsp3) is 0.438. The topological polar surface area (TPSA) is 85.8 Å². The number of nitrogens with one attached hydrogen (secondary N) is 1. The number of nitrogens with two attached hydrogens (primary N) is 1. The Morgan fingerprint density at radius 3 is 2.77 bits per heavy atom. The fourth-order valence-corrected chi connectivity index (χ4v) is 3.13. The maximum Gasteiger partial charge on any atom is 0.252 e. The van der Waals surface area contributed by atoms with E-state index in [0.29, 0.717) is 23.3 Å². The third-order valence-corrected chi connectivity index (χ3v) is 4.34. The van der Waals surface area contributed by atoms with Crippen molar-refractivity contribution in [1.29, 1.82) is 0 Å². The first-order valence-corrected chi connectivity index (χ1v) is 7.63. The molecule has 1 aliphatic rings. The van der Waals surface area contributed by atoms with Crippen molar-refractivity contribution in [3.63, 3.8) is 0 Å². The Hall–Kier alpha value is -2.37. The lowest BCUT2D eigenvalue weighted by atomic mass is 9.83. The summed E-state index contributed by atoms with van der Waals surface area (Å²) in [6, 6.07) is 3.77. The van der Waals surface area contributed by atoms with E-state index in [9.17, 15) is 4.79 Å². The highest BCUT2D eigenvalue weighted by atomic mass is 16.1. The minimum absolute atomic E-state index is 0.334. The first-order chi connectivity index (χ1) is 10.6. The zero-order valence-corrected chi connectivity index (χ0v) is 12.7. The summed E-state index contributed by atoms with van der Waals surface area (Å²) in [4.78, 5) is 15.7. The van der Waals surface area contributed by atoms with Crippen LogP contribution in [0.25, 0.3) is 0 Å². The maximum atomic E-state index is 11.4. The van der Waals surface area contributed by atoms with Crippen LogP contribution in [0.15, 0.2) is 30.7 Å². The van der Waals surface area contributed by atoms with Gasteiger partial charge in [-0.3, -0.25) is 9.48 Å². The molecule has 3 N–H and O–H groups in total. The largest absolute Gasteiger partial charge is 0.367 e. The Morgan fingerprint density at radius 2 is 2.14 bits per heavy atom. The number of rotatable bonds is 4. The number of hydrogen-bond donors (Lipinski definition) is 2. The van der Waals surface area contributed by atoms with E-state index in [1.807, 2.05) is 17.9 Å². The molecule has 22 heavy (non-hydrogen) atoms. The number of carbonyl (C=O) groups excluding carboxylic acids is 1. The van der Waals surface area contributed by atoms with Crippen LogP contribution < -0.4 is 11.1 Å². The van der Waals surface area contributed by atoms with E-state index in [4.69, 9.17) is 5.73 Å². The molecule has 116 valence electrons. The summed E-state index contributed by atoms with van der Waals surface area (Å²) in [6.45, 7) is 0. The second-order valence-corrected chi connectivity index (χ2v) is 5.90. The normalized spacial score (nSPS) is 21.5. The van der Waals surface area contributed by atoms with Gasteiger partial charge in [0, 0.05) is 25.5 Å². The molecule has 1 saturated carbocycles. The summed E-state index contributed by atoms with van der Waals surface area (Å²) in [7, 11) is 1.95. The molecule has 3 rings (SSSR count). The van der Waals surface area contributed by atoms with E-state index in [1.165, 1.54) is 5.56 Å². The van der Waals surface area contributed by atoms with Crippen LogP contribution in [0, 0.1) is 0 Å². The molecule has 0 saturated heterocycles. The number of hydrogen-bond acceptors (Lipinski definition) is 4. The Morgan fingerprint density at radius 1 is 1.36 bits per heavy atom. The SMILES string of the molecule is Cn1cc(C2CCC(Nc3ncccc3C(N)=O)CC2)cn1. The van der Waals surface area contributed by atoms with Gasteiger partial charge in [-0.1, -0.05) is 0 Å². The van der Waals surface area contributed by atoms with Gasteiger partial charge in [0.25, 0.3) is 5.91 Å². The predicted octanol–water partition coefficient (Wildman–Crippen LogP) is 2.05. The monoisotopic (exact) mass is 299 g/mol. The quantitative estimate of drug-likeness (QED) is 0.904. The van der Waals surface area contributed by atoms with Crippen LogP contribution >= 0.6 is 0 Å². The Labute approximate surface area is 129 Å². The van der Waals surface area contributed by atoms with Crippen LogP contribution in [0.4, 0.5) is 5.82 Å². The number of aryl methyl sites for hydroxylation is 1. The minimum atomic E-state index is -0.445. The first-order valence-electron chi connectivity index (χ1n) is 7.63. The molecule has 6 heteroatoms. The van der Waals surface area contributed by atoms with Gasteiger partial charge in [0.05, 0.1) is 11.8 Å². The highest BCUT2D eigenvalue weighted by Gasteiger charge is 2.24. The third kappa shape index (κ3) is 3.10. The molecule has 0 bridgehead atoms. The number of pyridine rings is 1. The second-order valence-electron chi connectivity index (χ2n) is 5.90. The van der Waals surface area contributed by atoms with Gasteiger partial charge in [-0.05, 0) is 49.3 Å². The lowest BCUT2D eigenvalue weighted by Gasteiger charge is -2.29. The summed E-state index contributed by atoms with van der Waals surface area (Å²) < 4.78 is 1.85. The summed E-state index contributed by atoms with van der Waals surface area (Å²) in [5, 5.41) is 7.62. The molecular formula is C16H21N5O. The summed E-state index contributed by atoms with van der Waals surface area (Å²) >= 11 is 0. The summed E-state index contributed by atoms with van der Waals surface area (Å²) in [5.74, 6) is 0.727. The van der Waals surface area contributed by atoms with Gasteiger partial charge in [-0.25, -0.2) is 4.98 Å². The second kappa shape index (κ2) is 6.17. The van der Waals surface area contributed by atoms with Crippen LogP contribution in [-0.4, -0.2) is 26.7 Å². The predicted molar refractivity (Wildman–Crippen MR) is 84.6 cm³/mol. The van der Waals surface area contributed by atoms with Crippen molar-refractivity contribution in [1.82, 2.24) is 14.8 Å². The van der Waals surface area contributed by atoms with Gasteiger partial charge in [-0.15, -0.1) is 0 Å². The van der Waals surface area contributed by atoms with Crippen molar-refractivity contribution in [2.75, 3.05) is 5.32 Å². The molecule has 0 radical (unpaired) electrons. The van der Waals surface area contributed by atoms with Crippen LogP contribution in [-0.2, 0) is 7.05 Å². The van der Waals surface area contributed by atoms with E-state index >= 15 is 0 Å². The van der Waals surface area contributed by atoms with Crippen molar-refractivity contribution < 1.29 is 4.79 Å². The number of primary amides is 1. The molecule has 0 aliphatic heterocycles. The number of anilines is 1. The molecule has 0 atom stereocenters. The molecule has 0 unspecified atom stereocenters. The van der Waals surface area contributed by atoms with Crippen molar-refractivity contribution >= 4 is 11.7 Å². The van der Waals surface area contributed by atoms with E-state index in [2.05, 4.69) is 21.6 Å².